The molecule has 0 aromatic carbocycles. The van der Waals surface area contributed by atoms with Gasteiger partial charge >= 0.3 is 7.82 Å². The van der Waals surface area contributed by atoms with E-state index in [1.807, 2.05) is 6.92 Å². The third-order valence-electron chi connectivity index (χ3n) is 1.64. The van der Waals surface area contributed by atoms with Crippen molar-refractivity contribution in [2.24, 2.45) is 0 Å². The molecule has 5 nitrogen and oxygen atoms in total. The number of hydrogen-bond acceptors (Lipinski definition) is 3. The molecule has 0 spiro atoms. The number of phosphoric acid groups is 1. The van der Waals surface area contributed by atoms with E-state index in [9.17, 15) is 9.36 Å². The lowest BCUT2D eigenvalue weighted by molar-refractivity contribution is -0.119. The maximum absolute atomic E-state index is 11.0. The largest absolute Gasteiger partial charge is 0.469 e. The fourth-order valence-electron chi connectivity index (χ4n) is 1.01. The zero-order valence-electron chi connectivity index (χ0n) is 8.31. The molecular weight excluding hydrogens is 207 g/mol. The van der Waals surface area contributed by atoms with Crippen LogP contribution in [0.3, 0.4) is 0 Å². The van der Waals surface area contributed by atoms with Crippen LogP contribution in [0.4, 0.5) is 0 Å². The van der Waals surface area contributed by atoms with Crippen LogP contribution in [-0.2, 0) is 13.9 Å². The molecule has 0 heterocycles. The first kappa shape index (κ1) is 13.8. The number of Topliss-reactive ketones (excluding diaryl/α,β-unsaturated/α-hetero) is 1. The maximum Gasteiger partial charge on any atom is 0.469 e. The molecule has 0 saturated carbocycles. The van der Waals surface area contributed by atoms with Gasteiger partial charge in [-0.25, -0.2) is 4.57 Å². The van der Waals surface area contributed by atoms with Gasteiger partial charge in [0, 0.05) is 12.8 Å². The first-order chi connectivity index (χ1) is 6.45. The topological polar surface area (TPSA) is 83.8 Å². The number of phosphoric ester groups is 1. The lowest BCUT2D eigenvalue weighted by atomic mass is 10.1. The number of carbonyl (C=O) groups is 1. The monoisotopic (exact) mass is 224 g/mol. The van der Waals surface area contributed by atoms with Crippen LogP contribution < -0.4 is 0 Å². The van der Waals surface area contributed by atoms with Crippen molar-refractivity contribution < 1.29 is 23.7 Å². The lowest BCUT2D eigenvalue weighted by Crippen LogP contribution is -1.98. The first-order valence-electron chi connectivity index (χ1n) is 4.67. The summed E-state index contributed by atoms with van der Waals surface area (Å²) in [6.07, 6.45) is 3.02. The predicted octanol–water partition coefficient (Wildman–Crippen LogP) is 1.64. The first-order valence-corrected chi connectivity index (χ1v) is 6.20. The van der Waals surface area contributed by atoms with E-state index in [2.05, 4.69) is 4.52 Å². The molecule has 0 amide bonds. The summed E-state index contributed by atoms with van der Waals surface area (Å²) in [4.78, 5) is 27.7. The normalized spacial score (nSPS) is 11.6. The molecule has 0 aliphatic carbocycles. The van der Waals surface area contributed by atoms with E-state index in [1.54, 1.807) is 0 Å². The fourth-order valence-corrected chi connectivity index (χ4v) is 1.38. The van der Waals surface area contributed by atoms with Crippen LogP contribution in [0.2, 0.25) is 0 Å². The molecule has 0 radical (unpaired) electrons. The summed E-state index contributed by atoms with van der Waals surface area (Å²) in [5.41, 5.74) is 0. The molecule has 0 saturated heterocycles. The molecule has 0 fully saturated rings. The van der Waals surface area contributed by atoms with Gasteiger partial charge in [-0.2, -0.15) is 0 Å². The molecular formula is C8H17O5P. The van der Waals surface area contributed by atoms with Crippen molar-refractivity contribution in [2.75, 3.05) is 6.61 Å². The zero-order valence-corrected chi connectivity index (χ0v) is 9.20. The van der Waals surface area contributed by atoms with Gasteiger partial charge in [-0.3, -0.25) is 9.32 Å². The second-order valence-corrected chi connectivity index (χ2v) is 4.31. The molecule has 6 heteroatoms. The summed E-state index contributed by atoms with van der Waals surface area (Å²) in [6, 6.07) is 0. The highest BCUT2D eigenvalue weighted by atomic mass is 31.2. The molecule has 0 aromatic rings. The molecule has 0 unspecified atom stereocenters. The van der Waals surface area contributed by atoms with Gasteiger partial charge in [0.2, 0.25) is 0 Å². The van der Waals surface area contributed by atoms with Crippen LogP contribution in [-0.4, -0.2) is 22.2 Å². The molecule has 0 rings (SSSR count). The molecule has 14 heavy (non-hydrogen) atoms. The highest BCUT2D eigenvalue weighted by molar-refractivity contribution is 7.46. The number of rotatable bonds is 8. The SMILES string of the molecule is CCCC(=O)CCCCOP(=O)(O)O. The summed E-state index contributed by atoms with van der Waals surface area (Å²) in [5, 5.41) is 0. The summed E-state index contributed by atoms with van der Waals surface area (Å²) in [5.74, 6) is 0.198. The van der Waals surface area contributed by atoms with Crippen LogP contribution in [0.5, 0.6) is 0 Å². The summed E-state index contributed by atoms with van der Waals surface area (Å²) in [6.45, 7) is 1.94. The van der Waals surface area contributed by atoms with Crippen LogP contribution in [0.15, 0.2) is 0 Å². The highest BCUT2D eigenvalue weighted by Gasteiger charge is 2.12. The number of unbranched alkanes of at least 4 members (excludes halogenated alkanes) is 1. The summed E-state index contributed by atoms with van der Waals surface area (Å²) in [7, 11) is -4.33. The molecule has 0 bridgehead atoms. The van der Waals surface area contributed by atoms with Gasteiger partial charge in [-0.1, -0.05) is 6.92 Å². The van der Waals surface area contributed by atoms with E-state index in [0.717, 1.165) is 6.42 Å². The van der Waals surface area contributed by atoms with Crippen molar-refractivity contribution in [1.29, 1.82) is 0 Å². The van der Waals surface area contributed by atoms with Gasteiger partial charge in [0.15, 0.2) is 0 Å². The van der Waals surface area contributed by atoms with E-state index in [1.165, 1.54) is 0 Å². The van der Waals surface area contributed by atoms with E-state index in [-0.39, 0.29) is 12.4 Å². The van der Waals surface area contributed by atoms with Crippen LogP contribution >= 0.6 is 7.82 Å². The van der Waals surface area contributed by atoms with Gasteiger partial charge in [-0.15, -0.1) is 0 Å². The lowest BCUT2D eigenvalue weighted by Gasteiger charge is -2.04. The van der Waals surface area contributed by atoms with Crippen LogP contribution in [0, 0.1) is 0 Å². The average Bonchev–Trinajstić information content (AvgIpc) is 2.02. The van der Waals surface area contributed by atoms with E-state index >= 15 is 0 Å². The second kappa shape index (κ2) is 7.12. The average molecular weight is 224 g/mol. The molecule has 0 aromatic heterocycles. The van der Waals surface area contributed by atoms with Gasteiger partial charge in [0.25, 0.3) is 0 Å². The Morgan fingerprint density at radius 2 is 1.93 bits per heavy atom. The number of hydrogen-bond donors (Lipinski definition) is 2. The van der Waals surface area contributed by atoms with Gasteiger partial charge in [0.05, 0.1) is 6.61 Å². The third-order valence-corrected chi connectivity index (χ3v) is 2.16. The van der Waals surface area contributed by atoms with Crippen molar-refractivity contribution in [3.63, 3.8) is 0 Å². The zero-order chi connectivity index (χ0) is 11.0. The van der Waals surface area contributed by atoms with Gasteiger partial charge in [0.1, 0.15) is 5.78 Å². The fraction of sp³-hybridized carbons (Fsp3) is 0.875. The van der Waals surface area contributed by atoms with Crippen molar-refractivity contribution in [3.05, 3.63) is 0 Å². The number of ketones is 1. The van der Waals surface area contributed by atoms with E-state index < -0.39 is 7.82 Å². The third kappa shape index (κ3) is 9.86. The summed E-state index contributed by atoms with van der Waals surface area (Å²) < 4.78 is 14.5. The Morgan fingerprint density at radius 1 is 1.29 bits per heavy atom. The smallest absolute Gasteiger partial charge is 0.303 e. The Morgan fingerprint density at radius 3 is 2.43 bits per heavy atom. The van der Waals surface area contributed by atoms with Crippen LogP contribution in [0.1, 0.15) is 39.0 Å². The van der Waals surface area contributed by atoms with Gasteiger partial charge in [-0.05, 0) is 19.3 Å². The minimum Gasteiger partial charge on any atom is -0.303 e. The molecule has 0 atom stereocenters. The van der Waals surface area contributed by atoms with E-state index in [4.69, 9.17) is 9.79 Å². The molecule has 84 valence electrons. The predicted molar refractivity (Wildman–Crippen MR) is 51.8 cm³/mol. The van der Waals surface area contributed by atoms with Crippen molar-refractivity contribution in [2.45, 2.75) is 39.0 Å². The standard InChI is InChI=1S/C8H17O5P/c1-2-5-8(9)6-3-4-7-13-14(10,11)12/h2-7H2,1H3,(H2,10,11,12). The highest BCUT2D eigenvalue weighted by Crippen LogP contribution is 2.35. The molecule has 2 N–H and O–H groups in total. The minimum absolute atomic E-state index is 0.00365. The Balaban J connectivity index is 3.30. The Kier molecular flexibility index (Phi) is 7.01. The minimum atomic E-state index is -4.33. The molecule has 0 aliphatic heterocycles. The van der Waals surface area contributed by atoms with Crippen molar-refractivity contribution in [3.8, 4) is 0 Å². The second-order valence-electron chi connectivity index (χ2n) is 3.07. The van der Waals surface area contributed by atoms with E-state index in [0.29, 0.717) is 25.7 Å². The summed E-state index contributed by atoms with van der Waals surface area (Å²) >= 11 is 0. The quantitative estimate of drug-likeness (QED) is 0.483. The molecule has 0 aliphatic rings. The van der Waals surface area contributed by atoms with Crippen LogP contribution in [0.25, 0.3) is 0 Å². The van der Waals surface area contributed by atoms with Crippen molar-refractivity contribution in [1.82, 2.24) is 0 Å². The Labute approximate surface area is 83.7 Å². The maximum atomic E-state index is 11.0. The van der Waals surface area contributed by atoms with Gasteiger partial charge < -0.3 is 9.79 Å². The Hall–Kier alpha value is -0.220. The van der Waals surface area contributed by atoms with Crippen molar-refractivity contribution >= 4 is 13.6 Å². The number of carbonyl (C=O) groups excluding carboxylic acids is 1. The Bertz CT molecular complexity index is 210.